The number of hydrogen-bond donors (Lipinski definition) is 0. The lowest BCUT2D eigenvalue weighted by molar-refractivity contribution is 0.0545. The predicted octanol–water partition coefficient (Wildman–Crippen LogP) is 4.17. The Morgan fingerprint density at radius 1 is 1.17 bits per heavy atom. The van der Waals surface area contributed by atoms with Crippen molar-refractivity contribution in [2.24, 2.45) is 0 Å². The Morgan fingerprint density at radius 3 is 2.30 bits per heavy atom. The molecular weight excluding hydrogens is 387 g/mol. The van der Waals surface area contributed by atoms with Crippen LogP contribution in [0.2, 0.25) is 0 Å². The fourth-order valence-corrected chi connectivity index (χ4v) is 3.67. The first-order valence-corrected chi connectivity index (χ1v) is 9.82. The van der Waals surface area contributed by atoms with Gasteiger partial charge in [0.05, 0.1) is 13.7 Å². The minimum absolute atomic E-state index is 0.174. The molecular formula is C23H29FN2O4. The maximum atomic E-state index is 13.6. The summed E-state index contributed by atoms with van der Waals surface area (Å²) in [5, 5.41) is 0. The molecule has 0 saturated carbocycles. The molecule has 2 aromatic rings. The number of carbonyl (C=O) groups is 3. The predicted molar refractivity (Wildman–Crippen MR) is 112 cm³/mol. The van der Waals surface area contributed by atoms with Crippen LogP contribution in [0, 0.1) is 19.7 Å². The average molecular weight is 416 g/mol. The zero-order valence-corrected chi connectivity index (χ0v) is 18.6. The highest BCUT2D eigenvalue weighted by Gasteiger charge is 2.33. The number of esters is 1. The number of carbonyl (C=O) groups excluding carboxylic acids is 3. The van der Waals surface area contributed by atoms with Crippen molar-refractivity contribution in [2.45, 2.75) is 53.6 Å². The van der Waals surface area contributed by atoms with E-state index in [2.05, 4.69) is 0 Å². The molecule has 0 unspecified atom stereocenters. The summed E-state index contributed by atoms with van der Waals surface area (Å²) in [4.78, 5) is 40.1. The molecule has 30 heavy (non-hydrogen) atoms. The van der Waals surface area contributed by atoms with E-state index in [1.165, 1.54) is 30.2 Å². The molecule has 1 aromatic carbocycles. The molecule has 0 aliphatic rings. The first-order valence-electron chi connectivity index (χ1n) is 9.82. The second-order valence-electron chi connectivity index (χ2n) is 8.17. The van der Waals surface area contributed by atoms with Crippen molar-refractivity contribution >= 4 is 17.7 Å². The third kappa shape index (κ3) is 4.45. The van der Waals surface area contributed by atoms with Gasteiger partial charge in [-0.1, -0.05) is 6.07 Å². The van der Waals surface area contributed by atoms with Gasteiger partial charge in [0.1, 0.15) is 11.5 Å². The average Bonchev–Trinajstić information content (AvgIpc) is 2.93. The number of benzene rings is 1. The summed E-state index contributed by atoms with van der Waals surface area (Å²) < 4.78 is 20.3. The Hall–Kier alpha value is -2.96. The minimum Gasteiger partial charge on any atom is -0.464 e. The number of rotatable bonds is 6. The van der Waals surface area contributed by atoms with Gasteiger partial charge in [0.25, 0.3) is 5.91 Å². The molecule has 6 nitrogen and oxygen atoms in total. The highest BCUT2D eigenvalue weighted by molar-refractivity contribution is 6.06. The molecule has 0 fully saturated rings. The van der Waals surface area contributed by atoms with Gasteiger partial charge >= 0.3 is 5.97 Å². The number of nitrogens with zero attached hydrogens (tertiary/aromatic N) is 2. The Morgan fingerprint density at radius 2 is 1.80 bits per heavy atom. The van der Waals surface area contributed by atoms with Crippen LogP contribution in [-0.4, -0.2) is 46.3 Å². The first-order chi connectivity index (χ1) is 13.9. The van der Waals surface area contributed by atoms with Gasteiger partial charge in [0.2, 0.25) is 0 Å². The van der Waals surface area contributed by atoms with E-state index >= 15 is 0 Å². The Labute approximate surface area is 176 Å². The van der Waals surface area contributed by atoms with Crippen molar-refractivity contribution in [2.75, 3.05) is 13.7 Å². The van der Waals surface area contributed by atoms with Gasteiger partial charge < -0.3 is 14.2 Å². The standard InChI is InChI=1S/C23H29FN2O4/c1-8-25-15(3)19(14(2)20(25)22(29)30-7)18(27)13-26(23(4,5)6)21(28)16-10-9-11-17(24)12-16/h9-12H,8,13H2,1-7H3. The number of halogens is 1. The highest BCUT2D eigenvalue weighted by atomic mass is 19.1. The Kier molecular flexibility index (Phi) is 6.85. The van der Waals surface area contributed by atoms with Gasteiger partial charge in [-0.25, -0.2) is 9.18 Å². The summed E-state index contributed by atoms with van der Waals surface area (Å²) in [5.74, 6) is -1.76. The molecule has 0 bridgehead atoms. The summed E-state index contributed by atoms with van der Waals surface area (Å²) >= 11 is 0. The van der Waals surface area contributed by atoms with Gasteiger partial charge in [-0.2, -0.15) is 0 Å². The molecule has 7 heteroatoms. The number of methoxy groups -OCH3 is 1. The third-order valence-corrected chi connectivity index (χ3v) is 5.17. The van der Waals surface area contributed by atoms with Crippen LogP contribution in [0.4, 0.5) is 4.39 Å². The second kappa shape index (κ2) is 8.81. The summed E-state index contributed by atoms with van der Waals surface area (Å²) in [6.07, 6.45) is 0. The maximum absolute atomic E-state index is 13.6. The maximum Gasteiger partial charge on any atom is 0.354 e. The number of amides is 1. The molecule has 2 rings (SSSR count). The van der Waals surface area contributed by atoms with E-state index in [0.29, 0.717) is 29.1 Å². The van der Waals surface area contributed by atoms with Crippen LogP contribution in [0.15, 0.2) is 24.3 Å². The van der Waals surface area contributed by atoms with Crippen molar-refractivity contribution in [3.8, 4) is 0 Å². The van der Waals surface area contributed by atoms with Gasteiger partial charge in [-0.15, -0.1) is 0 Å². The molecule has 0 N–H and O–H groups in total. The second-order valence-corrected chi connectivity index (χ2v) is 8.17. The number of ketones is 1. The monoisotopic (exact) mass is 416 g/mol. The van der Waals surface area contributed by atoms with E-state index in [0.717, 1.165) is 6.07 Å². The smallest absolute Gasteiger partial charge is 0.354 e. The molecule has 1 heterocycles. The largest absolute Gasteiger partial charge is 0.464 e. The van der Waals surface area contributed by atoms with Crippen LogP contribution in [0.5, 0.6) is 0 Å². The minimum atomic E-state index is -0.681. The van der Waals surface area contributed by atoms with E-state index in [1.54, 1.807) is 18.4 Å². The molecule has 1 aromatic heterocycles. The van der Waals surface area contributed by atoms with Gasteiger partial charge in [0, 0.05) is 28.9 Å². The van der Waals surface area contributed by atoms with E-state index in [4.69, 9.17) is 4.74 Å². The lowest BCUT2D eigenvalue weighted by Crippen LogP contribution is -2.48. The van der Waals surface area contributed by atoms with Crippen LogP contribution in [0.1, 0.15) is 70.2 Å². The fraction of sp³-hybridized carbons (Fsp3) is 0.435. The Bertz CT molecular complexity index is 986. The number of hydrogen-bond acceptors (Lipinski definition) is 4. The molecule has 162 valence electrons. The van der Waals surface area contributed by atoms with E-state index in [1.807, 2.05) is 27.7 Å². The highest BCUT2D eigenvalue weighted by Crippen LogP contribution is 2.26. The van der Waals surface area contributed by atoms with Crippen LogP contribution in [0.25, 0.3) is 0 Å². The van der Waals surface area contributed by atoms with Gasteiger partial charge in [-0.3, -0.25) is 9.59 Å². The van der Waals surface area contributed by atoms with Crippen LogP contribution < -0.4 is 0 Å². The van der Waals surface area contributed by atoms with E-state index in [9.17, 15) is 18.8 Å². The first kappa shape index (κ1) is 23.3. The molecule has 0 aliphatic heterocycles. The number of Topliss-reactive ketones (excluding diaryl/α,β-unsaturated/α-hetero) is 1. The van der Waals surface area contributed by atoms with Crippen molar-refractivity contribution in [3.63, 3.8) is 0 Å². The van der Waals surface area contributed by atoms with Crippen LogP contribution in [0.3, 0.4) is 0 Å². The zero-order valence-electron chi connectivity index (χ0n) is 18.6. The summed E-state index contributed by atoms with van der Waals surface area (Å²) in [5.41, 5.74) is 1.40. The quantitative estimate of drug-likeness (QED) is 0.523. The van der Waals surface area contributed by atoms with Gasteiger partial charge in [-0.05, 0) is 65.3 Å². The zero-order chi connectivity index (χ0) is 22.8. The van der Waals surface area contributed by atoms with Crippen LogP contribution >= 0.6 is 0 Å². The van der Waals surface area contributed by atoms with Crippen molar-refractivity contribution in [1.82, 2.24) is 9.47 Å². The topological polar surface area (TPSA) is 68.6 Å². The van der Waals surface area contributed by atoms with Crippen molar-refractivity contribution < 1.29 is 23.5 Å². The summed E-state index contributed by atoms with van der Waals surface area (Å²) in [6, 6.07) is 5.40. The third-order valence-electron chi connectivity index (χ3n) is 5.17. The van der Waals surface area contributed by atoms with Crippen LogP contribution in [-0.2, 0) is 11.3 Å². The SMILES string of the molecule is CCn1c(C)c(C(=O)CN(C(=O)c2cccc(F)c2)C(C)(C)C)c(C)c1C(=O)OC. The summed E-state index contributed by atoms with van der Waals surface area (Å²) in [6.45, 7) is 11.1. The van der Waals surface area contributed by atoms with E-state index in [-0.39, 0.29) is 17.9 Å². The molecule has 0 saturated heterocycles. The lowest BCUT2D eigenvalue weighted by atomic mass is 10.00. The van der Waals surface area contributed by atoms with Crippen molar-refractivity contribution in [1.29, 1.82) is 0 Å². The number of aromatic nitrogens is 1. The molecule has 1 amide bonds. The Balaban J connectivity index is 2.48. The molecule has 0 atom stereocenters. The fourth-order valence-electron chi connectivity index (χ4n) is 3.67. The van der Waals surface area contributed by atoms with E-state index < -0.39 is 23.2 Å². The number of ether oxygens (including phenoxy) is 1. The lowest BCUT2D eigenvalue weighted by Gasteiger charge is -2.35. The normalized spacial score (nSPS) is 11.3. The molecule has 0 spiro atoms. The molecule has 0 aliphatic carbocycles. The molecule has 0 radical (unpaired) electrons. The summed E-state index contributed by atoms with van der Waals surface area (Å²) in [7, 11) is 1.30. The van der Waals surface area contributed by atoms with Crippen molar-refractivity contribution in [3.05, 3.63) is 58.2 Å². The van der Waals surface area contributed by atoms with Gasteiger partial charge in [0.15, 0.2) is 5.78 Å².